The summed E-state index contributed by atoms with van der Waals surface area (Å²) in [7, 11) is 0. The minimum absolute atomic E-state index is 0.107. The van der Waals surface area contributed by atoms with Gasteiger partial charge in [-0.15, -0.1) is 0 Å². The van der Waals surface area contributed by atoms with Crippen LogP contribution in [-0.2, 0) is 9.53 Å². The van der Waals surface area contributed by atoms with Gasteiger partial charge in [0.05, 0.1) is 5.41 Å². The van der Waals surface area contributed by atoms with Crippen LogP contribution in [0.2, 0.25) is 0 Å². The van der Waals surface area contributed by atoms with Crippen molar-refractivity contribution in [3.05, 3.63) is 11.6 Å². The molecule has 0 aliphatic heterocycles. The Morgan fingerprint density at radius 1 is 0.850 bits per heavy atom. The lowest BCUT2D eigenvalue weighted by atomic mass is 9.47. The molecule has 8 aliphatic rings. The van der Waals surface area contributed by atoms with Gasteiger partial charge in [-0.1, -0.05) is 70.9 Å². The van der Waals surface area contributed by atoms with Crippen LogP contribution in [0.5, 0.6) is 0 Å². The Bertz CT molecular complexity index is 943. The minimum atomic E-state index is -0.107. The Morgan fingerprint density at radius 2 is 1.55 bits per heavy atom. The molecule has 0 unspecified atom stereocenters. The standard InChI is InChI=1S/C38H60O2/c1-4-5-6-7-8-9-10-29-12-14-33-32-13-11-30-22-31(15-17-37(30,3)34(32)16-18-36(29,33)2)40-35(39)38-23-26-19-27(24-38)21-28(20-26)25-38/h11,26-29,31-34H,4-10,12-25H2,1-3H3/t26?,27?,28?,29-,31+,32-,33-,34+,36-,37+,38?/m1/s1. The number of ether oxygens (including phenoxy) is 1. The van der Waals surface area contributed by atoms with Gasteiger partial charge in [0.25, 0.3) is 0 Å². The fourth-order valence-corrected chi connectivity index (χ4v) is 13.1. The van der Waals surface area contributed by atoms with Crippen LogP contribution in [0.4, 0.5) is 0 Å². The Hall–Kier alpha value is -0.790. The Balaban J connectivity index is 0.976. The molecule has 7 atom stereocenters. The number of carbonyl (C=O) groups excluding carboxylic acids is 1. The van der Waals surface area contributed by atoms with E-state index in [1.807, 2.05) is 0 Å². The maximum Gasteiger partial charge on any atom is 0.312 e. The smallest absolute Gasteiger partial charge is 0.312 e. The van der Waals surface area contributed by atoms with E-state index in [1.54, 1.807) is 5.57 Å². The molecule has 0 radical (unpaired) electrons. The maximum absolute atomic E-state index is 13.7. The number of hydrogen-bond donors (Lipinski definition) is 0. The van der Waals surface area contributed by atoms with Crippen LogP contribution < -0.4 is 0 Å². The first-order valence-corrected chi connectivity index (χ1v) is 18.2. The van der Waals surface area contributed by atoms with E-state index in [2.05, 4.69) is 26.8 Å². The summed E-state index contributed by atoms with van der Waals surface area (Å²) >= 11 is 0. The van der Waals surface area contributed by atoms with Crippen molar-refractivity contribution in [2.45, 2.75) is 162 Å². The van der Waals surface area contributed by atoms with Crippen molar-refractivity contribution < 1.29 is 9.53 Å². The first-order valence-electron chi connectivity index (χ1n) is 18.2. The van der Waals surface area contributed by atoms with Gasteiger partial charge in [-0.3, -0.25) is 4.79 Å². The molecule has 8 aliphatic carbocycles. The summed E-state index contributed by atoms with van der Waals surface area (Å²) in [5.74, 6) is 6.31. The summed E-state index contributed by atoms with van der Waals surface area (Å²) in [6, 6.07) is 0. The molecule has 0 aromatic carbocycles. The average Bonchev–Trinajstić information content (AvgIpc) is 3.26. The van der Waals surface area contributed by atoms with Gasteiger partial charge in [0.15, 0.2) is 0 Å². The minimum Gasteiger partial charge on any atom is -0.462 e. The summed E-state index contributed by atoms with van der Waals surface area (Å²) in [6.07, 6.45) is 31.0. The van der Waals surface area contributed by atoms with Crippen molar-refractivity contribution in [2.75, 3.05) is 0 Å². The fraction of sp³-hybridized carbons (Fsp3) is 0.921. The zero-order valence-electron chi connectivity index (χ0n) is 26.4. The van der Waals surface area contributed by atoms with E-state index < -0.39 is 0 Å². The first-order chi connectivity index (χ1) is 19.3. The second kappa shape index (κ2) is 10.7. The number of fused-ring (bicyclic) bond motifs is 5. The van der Waals surface area contributed by atoms with E-state index in [0.717, 1.165) is 73.5 Å². The molecule has 224 valence electrons. The van der Waals surface area contributed by atoms with E-state index in [4.69, 9.17) is 4.74 Å². The number of allylic oxidation sites excluding steroid dienone is 1. The number of esters is 1. The zero-order valence-corrected chi connectivity index (χ0v) is 26.4. The second-order valence-electron chi connectivity index (χ2n) is 17.1. The second-order valence-corrected chi connectivity index (χ2v) is 17.1. The lowest BCUT2D eigenvalue weighted by Gasteiger charge is -2.58. The molecule has 0 aromatic heterocycles. The SMILES string of the molecule is CCCCCCCC[C@@H]1CC[C@@H]2[C@H]3CC=C4C[C@@H](OC(=O)C56CC7CC(CC(C7)C5)C6)CC[C@]4(C)[C@H]3CC[C@]12C. The summed E-state index contributed by atoms with van der Waals surface area (Å²) in [5, 5.41) is 0. The molecule has 0 saturated heterocycles. The molecule has 7 fully saturated rings. The highest BCUT2D eigenvalue weighted by atomic mass is 16.5. The number of rotatable bonds is 9. The molecule has 0 aromatic rings. The Labute approximate surface area is 246 Å². The van der Waals surface area contributed by atoms with Crippen molar-refractivity contribution in [1.29, 1.82) is 0 Å². The molecular formula is C38H60O2. The van der Waals surface area contributed by atoms with Gasteiger partial charge in [0, 0.05) is 6.42 Å². The molecule has 40 heavy (non-hydrogen) atoms. The predicted molar refractivity (Wildman–Crippen MR) is 164 cm³/mol. The van der Waals surface area contributed by atoms with E-state index in [-0.39, 0.29) is 17.5 Å². The van der Waals surface area contributed by atoms with Gasteiger partial charge in [-0.2, -0.15) is 0 Å². The predicted octanol–water partition coefficient (Wildman–Crippen LogP) is 10.4. The molecule has 0 amide bonds. The molecule has 2 heteroatoms. The van der Waals surface area contributed by atoms with Gasteiger partial charge in [0.2, 0.25) is 0 Å². The normalized spacial score (nSPS) is 48.7. The summed E-state index contributed by atoms with van der Waals surface area (Å²) < 4.78 is 6.49. The Morgan fingerprint density at radius 3 is 2.27 bits per heavy atom. The van der Waals surface area contributed by atoms with Crippen LogP contribution in [0.15, 0.2) is 11.6 Å². The largest absolute Gasteiger partial charge is 0.462 e. The fourth-order valence-electron chi connectivity index (χ4n) is 13.1. The quantitative estimate of drug-likeness (QED) is 0.163. The van der Waals surface area contributed by atoms with Crippen molar-refractivity contribution >= 4 is 5.97 Å². The lowest BCUT2D eigenvalue weighted by molar-refractivity contribution is -0.179. The molecule has 4 bridgehead atoms. The van der Waals surface area contributed by atoms with Crippen LogP contribution in [0.1, 0.15) is 156 Å². The van der Waals surface area contributed by atoms with Crippen LogP contribution in [0.3, 0.4) is 0 Å². The Kier molecular flexibility index (Phi) is 7.51. The van der Waals surface area contributed by atoms with Gasteiger partial charge < -0.3 is 4.74 Å². The van der Waals surface area contributed by atoms with Crippen molar-refractivity contribution in [2.24, 2.45) is 57.7 Å². The average molecular weight is 549 g/mol. The third-order valence-electron chi connectivity index (χ3n) is 14.9. The lowest BCUT2D eigenvalue weighted by Crippen LogP contribution is -2.52. The number of hydrogen-bond acceptors (Lipinski definition) is 2. The highest BCUT2D eigenvalue weighted by Crippen LogP contribution is 2.67. The topological polar surface area (TPSA) is 26.3 Å². The van der Waals surface area contributed by atoms with Gasteiger partial charge in [-0.25, -0.2) is 0 Å². The van der Waals surface area contributed by atoms with E-state index >= 15 is 0 Å². The van der Waals surface area contributed by atoms with E-state index in [0.29, 0.717) is 10.8 Å². The van der Waals surface area contributed by atoms with Crippen molar-refractivity contribution in [1.82, 2.24) is 0 Å². The molecule has 0 heterocycles. The molecule has 0 N–H and O–H groups in total. The summed E-state index contributed by atoms with van der Waals surface area (Å²) in [6.45, 7) is 7.66. The maximum atomic E-state index is 13.7. The van der Waals surface area contributed by atoms with Gasteiger partial charge in [-0.05, 0) is 142 Å². The number of unbranched alkanes of at least 4 members (excludes halogenated alkanes) is 5. The monoisotopic (exact) mass is 548 g/mol. The number of carbonyl (C=O) groups is 1. The molecule has 0 spiro atoms. The highest BCUT2D eigenvalue weighted by Gasteiger charge is 2.59. The van der Waals surface area contributed by atoms with E-state index in [9.17, 15) is 4.79 Å². The molecule has 2 nitrogen and oxygen atoms in total. The van der Waals surface area contributed by atoms with Crippen LogP contribution >= 0.6 is 0 Å². The van der Waals surface area contributed by atoms with Crippen LogP contribution in [0.25, 0.3) is 0 Å². The van der Waals surface area contributed by atoms with Crippen LogP contribution in [0, 0.1) is 57.7 Å². The van der Waals surface area contributed by atoms with Crippen molar-refractivity contribution in [3.63, 3.8) is 0 Å². The highest BCUT2D eigenvalue weighted by molar-refractivity contribution is 5.77. The van der Waals surface area contributed by atoms with Gasteiger partial charge >= 0.3 is 5.97 Å². The summed E-state index contributed by atoms with van der Waals surface area (Å²) in [4.78, 5) is 13.7. The third kappa shape index (κ3) is 4.67. The molecule has 7 saturated carbocycles. The zero-order chi connectivity index (χ0) is 27.5. The van der Waals surface area contributed by atoms with E-state index in [1.165, 1.54) is 103 Å². The molecule has 8 rings (SSSR count). The van der Waals surface area contributed by atoms with Crippen molar-refractivity contribution in [3.8, 4) is 0 Å². The van der Waals surface area contributed by atoms with Crippen LogP contribution in [-0.4, -0.2) is 12.1 Å². The summed E-state index contributed by atoms with van der Waals surface area (Å²) in [5.41, 5.74) is 2.51. The third-order valence-corrected chi connectivity index (χ3v) is 14.9. The van der Waals surface area contributed by atoms with Gasteiger partial charge in [0.1, 0.15) is 6.10 Å². The first kappa shape index (κ1) is 28.0. The molecular weight excluding hydrogens is 488 g/mol.